The number of carbonyl (C=O) groups excluding carboxylic acids is 2. The van der Waals surface area contributed by atoms with Gasteiger partial charge in [0.05, 0.1) is 0 Å². The first kappa shape index (κ1) is 21.5. The number of benzene rings is 2. The Balaban J connectivity index is 1.42. The van der Waals surface area contributed by atoms with Crippen LogP contribution in [-0.4, -0.2) is 46.8 Å². The number of carbonyl (C=O) groups is 2. The van der Waals surface area contributed by atoms with Crippen LogP contribution in [-0.2, 0) is 16.1 Å². The molecule has 1 N–H and O–H groups in total. The van der Waals surface area contributed by atoms with Crippen LogP contribution in [0, 0.1) is 5.82 Å². The molecular formula is C24H25ClFN3O2. The monoisotopic (exact) mass is 441 g/mol. The highest BCUT2D eigenvalue weighted by molar-refractivity contribution is 6.31. The number of amides is 2. The molecule has 2 aromatic rings. The third-order valence-corrected chi connectivity index (χ3v) is 6.10. The number of halogens is 2. The summed E-state index contributed by atoms with van der Waals surface area (Å²) in [6.07, 6.45) is 5.29. The lowest BCUT2D eigenvalue weighted by molar-refractivity contribution is -0.131. The molecule has 31 heavy (non-hydrogen) atoms. The van der Waals surface area contributed by atoms with Crippen molar-refractivity contribution in [3.8, 4) is 0 Å². The van der Waals surface area contributed by atoms with Gasteiger partial charge in [-0.1, -0.05) is 29.8 Å². The van der Waals surface area contributed by atoms with Crippen molar-refractivity contribution in [2.24, 2.45) is 0 Å². The van der Waals surface area contributed by atoms with Gasteiger partial charge in [0.1, 0.15) is 5.82 Å². The smallest absolute Gasteiger partial charge is 0.247 e. The van der Waals surface area contributed by atoms with Gasteiger partial charge in [0.15, 0.2) is 0 Å². The molecule has 2 aliphatic rings. The standard InChI is InChI=1S/C24H25ClFN3O2/c1-16(30)27-23-12-19(25)6-4-18(23)5-11-24(31)29-21-9-10-22(29)15-28(14-21)13-17-2-7-20(26)8-3-17/h2-8,11-12,21-22H,9-10,13-15H2,1H3,(H,27,30)/b11-5+/t21-,22+. The molecule has 4 rings (SSSR count). The van der Waals surface area contributed by atoms with Crippen molar-refractivity contribution in [2.75, 3.05) is 18.4 Å². The number of anilines is 1. The predicted molar refractivity (Wildman–Crippen MR) is 120 cm³/mol. The van der Waals surface area contributed by atoms with E-state index in [9.17, 15) is 14.0 Å². The van der Waals surface area contributed by atoms with Gasteiger partial charge in [-0.3, -0.25) is 14.5 Å². The summed E-state index contributed by atoms with van der Waals surface area (Å²) in [5.41, 5.74) is 2.39. The van der Waals surface area contributed by atoms with E-state index < -0.39 is 0 Å². The maximum Gasteiger partial charge on any atom is 0.247 e. The van der Waals surface area contributed by atoms with Gasteiger partial charge < -0.3 is 10.2 Å². The van der Waals surface area contributed by atoms with Gasteiger partial charge >= 0.3 is 0 Å². The molecule has 5 nitrogen and oxygen atoms in total. The molecule has 2 fully saturated rings. The van der Waals surface area contributed by atoms with Crippen molar-refractivity contribution in [3.05, 3.63) is 70.5 Å². The van der Waals surface area contributed by atoms with Gasteiger partial charge in [0.2, 0.25) is 11.8 Å². The topological polar surface area (TPSA) is 52.7 Å². The van der Waals surface area contributed by atoms with Gasteiger partial charge in [0, 0.05) is 55.4 Å². The Morgan fingerprint density at radius 3 is 2.45 bits per heavy atom. The fourth-order valence-electron chi connectivity index (χ4n) is 4.55. The van der Waals surface area contributed by atoms with E-state index in [1.807, 2.05) is 17.0 Å². The summed E-state index contributed by atoms with van der Waals surface area (Å²) in [6, 6.07) is 12.1. The largest absolute Gasteiger partial charge is 0.331 e. The maximum absolute atomic E-state index is 13.2. The zero-order valence-corrected chi connectivity index (χ0v) is 18.1. The number of nitrogens with one attached hydrogen (secondary N) is 1. The first-order chi connectivity index (χ1) is 14.9. The lowest BCUT2D eigenvalue weighted by Crippen LogP contribution is -2.55. The summed E-state index contributed by atoms with van der Waals surface area (Å²) in [5, 5.41) is 3.27. The van der Waals surface area contributed by atoms with Gasteiger partial charge in [-0.2, -0.15) is 0 Å². The van der Waals surface area contributed by atoms with E-state index in [1.54, 1.807) is 30.4 Å². The van der Waals surface area contributed by atoms with Crippen molar-refractivity contribution in [1.82, 2.24) is 9.80 Å². The van der Waals surface area contributed by atoms with E-state index in [-0.39, 0.29) is 29.7 Å². The number of likely N-dealkylation sites (tertiary alicyclic amines) is 1. The van der Waals surface area contributed by atoms with E-state index in [0.717, 1.165) is 43.6 Å². The SMILES string of the molecule is CC(=O)Nc1cc(Cl)ccc1/C=C/C(=O)N1[C@@H]2CC[C@H]1CN(Cc1ccc(F)cc1)C2. The molecule has 0 saturated carbocycles. The van der Waals surface area contributed by atoms with E-state index in [1.165, 1.54) is 19.1 Å². The molecule has 0 aromatic heterocycles. The van der Waals surface area contributed by atoms with Crippen molar-refractivity contribution < 1.29 is 14.0 Å². The van der Waals surface area contributed by atoms with Crippen LogP contribution < -0.4 is 5.32 Å². The quantitative estimate of drug-likeness (QED) is 0.703. The average Bonchev–Trinajstić information content (AvgIpc) is 2.99. The highest BCUT2D eigenvalue weighted by atomic mass is 35.5. The summed E-state index contributed by atoms with van der Waals surface area (Å²) in [6.45, 7) is 3.82. The van der Waals surface area contributed by atoms with E-state index in [2.05, 4.69) is 10.2 Å². The summed E-state index contributed by atoms with van der Waals surface area (Å²) in [7, 11) is 0. The molecule has 2 saturated heterocycles. The molecule has 2 heterocycles. The van der Waals surface area contributed by atoms with Gasteiger partial charge in [-0.25, -0.2) is 4.39 Å². The second-order valence-electron chi connectivity index (χ2n) is 8.20. The van der Waals surface area contributed by atoms with Crippen LogP contribution in [0.15, 0.2) is 48.5 Å². The maximum atomic E-state index is 13.2. The number of hydrogen-bond donors (Lipinski definition) is 1. The Bertz CT molecular complexity index is 994. The Morgan fingerprint density at radius 2 is 1.81 bits per heavy atom. The third kappa shape index (κ3) is 5.14. The Hall–Kier alpha value is -2.70. The number of rotatable bonds is 5. The van der Waals surface area contributed by atoms with Crippen LogP contribution in [0.5, 0.6) is 0 Å². The molecule has 0 unspecified atom stereocenters. The molecule has 2 aromatic carbocycles. The summed E-state index contributed by atoms with van der Waals surface area (Å²) >= 11 is 6.04. The molecule has 0 radical (unpaired) electrons. The number of nitrogens with zero attached hydrogens (tertiary/aromatic N) is 2. The van der Waals surface area contributed by atoms with Crippen LogP contribution in [0.3, 0.4) is 0 Å². The first-order valence-electron chi connectivity index (χ1n) is 10.4. The normalized spacial score (nSPS) is 20.9. The van der Waals surface area contributed by atoms with Crippen molar-refractivity contribution in [1.29, 1.82) is 0 Å². The summed E-state index contributed by atoms with van der Waals surface area (Å²) in [4.78, 5) is 28.8. The molecule has 0 spiro atoms. The predicted octanol–water partition coefficient (Wildman–Crippen LogP) is 4.33. The van der Waals surface area contributed by atoms with Gasteiger partial charge in [-0.05, 0) is 54.3 Å². The Morgan fingerprint density at radius 1 is 1.13 bits per heavy atom. The van der Waals surface area contributed by atoms with Crippen molar-refractivity contribution in [2.45, 2.75) is 38.4 Å². The van der Waals surface area contributed by atoms with Crippen LogP contribution in [0.2, 0.25) is 5.02 Å². The lowest BCUT2D eigenvalue weighted by Gasteiger charge is -2.40. The van der Waals surface area contributed by atoms with E-state index >= 15 is 0 Å². The highest BCUT2D eigenvalue weighted by Crippen LogP contribution is 2.31. The first-order valence-corrected chi connectivity index (χ1v) is 10.8. The van der Waals surface area contributed by atoms with E-state index in [4.69, 9.17) is 11.6 Å². The lowest BCUT2D eigenvalue weighted by atomic mass is 10.1. The van der Waals surface area contributed by atoms with Crippen molar-refractivity contribution >= 4 is 35.2 Å². The molecule has 2 atom stereocenters. The van der Waals surface area contributed by atoms with Gasteiger partial charge in [0.25, 0.3) is 0 Å². The summed E-state index contributed by atoms with van der Waals surface area (Å²) in [5.74, 6) is -0.440. The van der Waals surface area contributed by atoms with Crippen LogP contribution in [0.4, 0.5) is 10.1 Å². The second-order valence-corrected chi connectivity index (χ2v) is 8.63. The molecule has 162 valence electrons. The molecule has 7 heteroatoms. The van der Waals surface area contributed by atoms with Crippen LogP contribution in [0.1, 0.15) is 30.9 Å². The molecular weight excluding hydrogens is 417 g/mol. The fraction of sp³-hybridized carbons (Fsp3) is 0.333. The van der Waals surface area contributed by atoms with Crippen LogP contribution >= 0.6 is 11.6 Å². The molecule has 2 amide bonds. The Labute approximate surface area is 186 Å². The molecule has 2 bridgehead atoms. The van der Waals surface area contributed by atoms with Gasteiger partial charge in [-0.15, -0.1) is 0 Å². The highest BCUT2D eigenvalue weighted by Gasteiger charge is 2.41. The minimum atomic E-state index is -0.228. The number of hydrogen-bond acceptors (Lipinski definition) is 3. The Kier molecular flexibility index (Phi) is 6.39. The average molecular weight is 442 g/mol. The zero-order chi connectivity index (χ0) is 22.0. The number of fused-ring (bicyclic) bond motifs is 2. The zero-order valence-electron chi connectivity index (χ0n) is 17.4. The molecule has 2 aliphatic heterocycles. The van der Waals surface area contributed by atoms with Crippen molar-refractivity contribution in [3.63, 3.8) is 0 Å². The fourth-order valence-corrected chi connectivity index (χ4v) is 4.72. The minimum Gasteiger partial charge on any atom is -0.331 e. The molecule has 0 aliphatic carbocycles. The van der Waals surface area contributed by atoms with Crippen LogP contribution in [0.25, 0.3) is 6.08 Å². The third-order valence-electron chi connectivity index (χ3n) is 5.86. The minimum absolute atomic E-state index is 0.0161. The van der Waals surface area contributed by atoms with E-state index in [0.29, 0.717) is 10.7 Å². The number of piperazine rings is 1. The summed E-state index contributed by atoms with van der Waals surface area (Å²) < 4.78 is 13.2. The second kappa shape index (κ2) is 9.20.